The molecule has 0 saturated heterocycles. The Labute approximate surface area is 128 Å². The first-order valence-electron chi connectivity index (χ1n) is 7.09. The Morgan fingerprint density at radius 3 is 2.45 bits per heavy atom. The van der Waals surface area contributed by atoms with Gasteiger partial charge in [-0.3, -0.25) is 4.79 Å². The molecule has 3 aromatic rings. The molecule has 110 valence electrons. The van der Waals surface area contributed by atoms with Crippen LogP contribution in [0.2, 0.25) is 0 Å². The molecule has 3 heteroatoms. The maximum atomic E-state index is 11.0. The maximum absolute atomic E-state index is 11.0. The Balaban J connectivity index is 2.23. The van der Waals surface area contributed by atoms with Crippen LogP contribution in [0.25, 0.3) is 21.9 Å². The van der Waals surface area contributed by atoms with Crippen molar-refractivity contribution in [1.82, 2.24) is 0 Å². The van der Waals surface area contributed by atoms with Gasteiger partial charge in [0.2, 0.25) is 0 Å². The van der Waals surface area contributed by atoms with Gasteiger partial charge in [-0.2, -0.15) is 0 Å². The summed E-state index contributed by atoms with van der Waals surface area (Å²) < 4.78 is 5.05. The summed E-state index contributed by atoms with van der Waals surface area (Å²) in [5, 5.41) is 12.6. The van der Waals surface area contributed by atoms with E-state index in [1.54, 1.807) is 0 Å². The molecule has 0 radical (unpaired) electrons. The van der Waals surface area contributed by atoms with E-state index in [1.165, 1.54) is 6.92 Å². The Morgan fingerprint density at radius 2 is 1.73 bits per heavy atom. The summed E-state index contributed by atoms with van der Waals surface area (Å²) in [4.78, 5) is 11.0. The van der Waals surface area contributed by atoms with Crippen LogP contribution in [0.15, 0.2) is 60.7 Å². The maximum Gasteiger partial charge on any atom is 0.302 e. The van der Waals surface area contributed by atoms with Crippen LogP contribution < -0.4 is 0 Å². The molecule has 3 rings (SSSR count). The highest BCUT2D eigenvalue weighted by molar-refractivity contribution is 6.00. The van der Waals surface area contributed by atoms with Crippen molar-refractivity contribution in [2.75, 3.05) is 0 Å². The highest BCUT2D eigenvalue weighted by atomic mass is 16.5. The zero-order chi connectivity index (χ0) is 15.5. The van der Waals surface area contributed by atoms with Gasteiger partial charge in [-0.15, -0.1) is 0 Å². The first-order chi connectivity index (χ1) is 10.7. The minimum Gasteiger partial charge on any atom is -0.507 e. The van der Waals surface area contributed by atoms with Gasteiger partial charge >= 0.3 is 5.97 Å². The molecule has 0 amide bonds. The largest absolute Gasteiger partial charge is 0.507 e. The summed E-state index contributed by atoms with van der Waals surface area (Å²) in [6.07, 6.45) is 0. The third kappa shape index (κ3) is 2.66. The molecule has 0 bridgehead atoms. The summed E-state index contributed by atoms with van der Waals surface area (Å²) in [6.45, 7) is 1.42. The zero-order valence-electron chi connectivity index (χ0n) is 12.2. The summed E-state index contributed by atoms with van der Waals surface area (Å²) in [5.74, 6) is -0.208. The molecular weight excluding hydrogens is 276 g/mol. The predicted molar refractivity (Wildman–Crippen MR) is 86.5 cm³/mol. The Bertz CT molecular complexity index is 823. The number of fused-ring (bicyclic) bond motifs is 1. The fraction of sp³-hybridized carbons (Fsp3) is 0.105. The monoisotopic (exact) mass is 292 g/mol. The highest BCUT2D eigenvalue weighted by Crippen LogP contribution is 2.39. The van der Waals surface area contributed by atoms with Gasteiger partial charge in [0.1, 0.15) is 12.4 Å². The second-order valence-electron chi connectivity index (χ2n) is 5.13. The number of ether oxygens (including phenoxy) is 1. The molecule has 22 heavy (non-hydrogen) atoms. The van der Waals surface area contributed by atoms with E-state index in [-0.39, 0.29) is 18.3 Å². The summed E-state index contributed by atoms with van der Waals surface area (Å²) in [7, 11) is 0. The number of aromatic hydroxyl groups is 1. The smallest absolute Gasteiger partial charge is 0.302 e. The van der Waals surface area contributed by atoms with Crippen molar-refractivity contribution in [3.63, 3.8) is 0 Å². The van der Waals surface area contributed by atoms with E-state index in [9.17, 15) is 9.90 Å². The van der Waals surface area contributed by atoms with Crippen LogP contribution in [0.5, 0.6) is 5.75 Å². The van der Waals surface area contributed by atoms with Gasteiger partial charge in [0.25, 0.3) is 0 Å². The summed E-state index contributed by atoms with van der Waals surface area (Å²) >= 11 is 0. The predicted octanol–water partition coefficient (Wildman–Crippen LogP) is 4.28. The Morgan fingerprint density at radius 1 is 1.05 bits per heavy atom. The fourth-order valence-electron chi connectivity index (χ4n) is 2.58. The molecule has 3 nitrogen and oxygen atoms in total. The van der Waals surface area contributed by atoms with Crippen LogP contribution >= 0.6 is 0 Å². The minimum atomic E-state index is -0.367. The van der Waals surface area contributed by atoms with Crippen molar-refractivity contribution in [3.8, 4) is 16.9 Å². The number of phenolic OH excluding ortho intramolecular Hbond substituents is 1. The number of rotatable bonds is 3. The van der Waals surface area contributed by atoms with Crippen molar-refractivity contribution < 1.29 is 14.6 Å². The number of esters is 1. The number of carbonyl (C=O) groups excluding carboxylic acids is 1. The number of hydrogen-bond acceptors (Lipinski definition) is 3. The van der Waals surface area contributed by atoms with Gasteiger partial charge in [0.05, 0.1) is 0 Å². The van der Waals surface area contributed by atoms with Crippen LogP contribution in [0.4, 0.5) is 0 Å². The molecule has 0 fully saturated rings. The lowest BCUT2D eigenvalue weighted by Gasteiger charge is -2.14. The van der Waals surface area contributed by atoms with Crippen LogP contribution in [0.3, 0.4) is 0 Å². The second-order valence-corrected chi connectivity index (χ2v) is 5.13. The number of benzene rings is 3. The third-order valence-electron chi connectivity index (χ3n) is 3.59. The van der Waals surface area contributed by atoms with E-state index in [4.69, 9.17) is 4.74 Å². The molecule has 0 heterocycles. The van der Waals surface area contributed by atoms with Gasteiger partial charge < -0.3 is 9.84 Å². The van der Waals surface area contributed by atoms with E-state index < -0.39 is 0 Å². The molecule has 0 spiro atoms. The lowest BCUT2D eigenvalue weighted by molar-refractivity contribution is -0.142. The zero-order valence-corrected chi connectivity index (χ0v) is 12.2. The quantitative estimate of drug-likeness (QED) is 0.733. The standard InChI is InChI=1S/C19H16O3/c1-13(20)22-12-16-11-15-9-5-6-10-17(15)18(19(16)21)14-7-3-2-4-8-14/h2-11,21H,12H2,1H3. The van der Waals surface area contributed by atoms with Crippen molar-refractivity contribution in [2.24, 2.45) is 0 Å². The molecule has 0 saturated carbocycles. The third-order valence-corrected chi connectivity index (χ3v) is 3.59. The fourth-order valence-corrected chi connectivity index (χ4v) is 2.58. The van der Waals surface area contributed by atoms with Gasteiger partial charge in [0, 0.05) is 18.1 Å². The van der Waals surface area contributed by atoms with Gasteiger partial charge in [-0.1, -0.05) is 54.6 Å². The number of phenols is 1. The average molecular weight is 292 g/mol. The first kappa shape index (κ1) is 14.1. The van der Waals surface area contributed by atoms with E-state index in [0.717, 1.165) is 21.9 Å². The number of carbonyl (C=O) groups is 1. The van der Waals surface area contributed by atoms with Crippen LogP contribution in [-0.4, -0.2) is 11.1 Å². The van der Waals surface area contributed by atoms with E-state index >= 15 is 0 Å². The van der Waals surface area contributed by atoms with Gasteiger partial charge in [-0.25, -0.2) is 0 Å². The molecular formula is C19H16O3. The number of hydrogen-bond donors (Lipinski definition) is 1. The van der Waals surface area contributed by atoms with E-state index in [0.29, 0.717) is 5.56 Å². The van der Waals surface area contributed by atoms with Crippen LogP contribution in [0, 0.1) is 0 Å². The van der Waals surface area contributed by atoms with Crippen molar-refractivity contribution in [1.29, 1.82) is 0 Å². The van der Waals surface area contributed by atoms with Crippen molar-refractivity contribution >= 4 is 16.7 Å². The molecule has 0 aliphatic rings. The molecule has 0 aromatic heterocycles. The SMILES string of the molecule is CC(=O)OCc1cc2ccccc2c(-c2ccccc2)c1O. The lowest BCUT2D eigenvalue weighted by Crippen LogP contribution is -2.00. The van der Waals surface area contributed by atoms with Gasteiger partial charge in [0.15, 0.2) is 0 Å². The van der Waals surface area contributed by atoms with Gasteiger partial charge in [-0.05, 0) is 22.4 Å². The molecule has 0 unspecified atom stereocenters. The molecule has 3 aromatic carbocycles. The topological polar surface area (TPSA) is 46.5 Å². The van der Waals surface area contributed by atoms with E-state index in [1.807, 2.05) is 60.7 Å². The Hall–Kier alpha value is -2.81. The van der Waals surface area contributed by atoms with Crippen LogP contribution in [0.1, 0.15) is 12.5 Å². The van der Waals surface area contributed by atoms with Crippen molar-refractivity contribution in [3.05, 3.63) is 66.2 Å². The highest BCUT2D eigenvalue weighted by Gasteiger charge is 2.14. The Kier molecular flexibility index (Phi) is 3.79. The molecule has 1 N–H and O–H groups in total. The lowest BCUT2D eigenvalue weighted by atomic mass is 9.94. The molecule has 0 atom stereocenters. The summed E-state index contributed by atoms with van der Waals surface area (Å²) in [6, 6.07) is 19.4. The minimum absolute atomic E-state index is 0.0613. The molecule has 0 aliphatic heterocycles. The normalized spacial score (nSPS) is 10.6. The first-order valence-corrected chi connectivity index (χ1v) is 7.09. The average Bonchev–Trinajstić information content (AvgIpc) is 2.53. The van der Waals surface area contributed by atoms with E-state index in [2.05, 4.69) is 0 Å². The van der Waals surface area contributed by atoms with Crippen LogP contribution in [-0.2, 0) is 16.1 Å². The van der Waals surface area contributed by atoms with Crippen molar-refractivity contribution in [2.45, 2.75) is 13.5 Å². The second kappa shape index (κ2) is 5.90. The summed E-state index contributed by atoms with van der Waals surface area (Å²) in [5.41, 5.74) is 2.30. The molecule has 0 aliphatic carbocycles.